The van der Waals surface area contributed by atoms with Gasteiger partial charge in [-0.2, -0.15) is 0 Å². The summed E-state index contributed by atoms with van der Waals surface area (Å²) in [4.78, 5) is 3.89. The summed E-state index contributed by atoms with van der Waals surface area (Å²) < 4.78 is 0. The predicted octanol–water partition coefficient (Wildman–Crippen LogP) is 4.24. The Morgan fingerprint density at radius 2 is 1.76 bits per heavy atom. The molecule has 0 saturated heterocycles. The van der Waals surface area contributed by atoms with Crippen molar-refractivity contribution in [1.82, 2.24) is 4.98 Å². The van der Waals surface area contributed by atoms with Crippen LogP contribution >= 0.6 is 0 Å². The van der Waals surface area contributed by atoms with Crippen LogP contribution in [0, 0.1) is 5.92 Å². The SMILES string of the molecule is C[SiH](CCC[Si](C)(C)C)NCC1CCCCC1. The molecule has 0 bridgehead atoms. The summed E-state index contributed by atoms with van der Waals surface area (Å²) in [6.07, 6.45) is 8.92. The van der Waals surface area contributed by atoms with Gasteiger partial charge in [0.05, 0.1) is 0 Å². The molecule has 1 aliphatic carbocycles. The van der Waals surface area contributed by atoms with Crippen LogP contribution in [0.4, 0.5) is 0 Å². The zero-order valence-electron chi connectivity index (χ0n) is 12.5. The first-order chi connectivity index (χ1) is 7.97. The van der Waals surface area contributed by atoms with Crippen LogP contribution < -0.4 is 4.98 Å². The molecular weight excluding hydrogens is 238 g/mol. The maximum Gasteiger partial charge on any atom is 0.105 e. The zero-order valence-corrected chi connectivity index (χ0v) is 14.7. The van der Waals surface area contributed by atoms with E-state index in [4.69, 9.17) is 0 Å². The molecule has 1 atom stereocenters. The van der Waals surface area contributed by atoms with Crippen LogP contribution in [0.25, 0.3) is 0 Å². The number of hydrogen-bond acceptors (Lipinski definition) is 1. The molecule has 0 amide bonds. The quantitative estimate of drug-likeness (QED) is 0.683. The van der Waals surface area contributed by atoms with E-state index in [2.05, 4.69) is 31.2 Å². The van der Waals surface area contributed by atoms with Crippen LogP contribution in [0.2, 0.25) is 38.3 Å². The monoisotopic (exact) mass is 271 g/mol. The minimum Gasteiger partial charge on any atom is -0.339 e. The molecule has 17 heavy (non-hydrogen) atoms. The van der Waals surface area contributed by atoms with Gasteiger partial charge in [0.2, 0.25) is 0 Å². The Labute approximate surface area is 111 Å². The molecule has 1 rings (SSSR count). The molecule has 1 unspecified atom stereocenters. The molecule has 1 N–H and O–H groups in total. The van der Waals surface area contributed by atoms with Gasteiger partial charge in [-0.15, -0.1) is 0 Å². The fourth-order valence-corrected chi connectivity index (χ4v) is 6.23. The second-order valence-corrected chi connectivity index (χ2v) is 15.7. The molecule has 0 aromatic rings. The van der Waals surface area contributed by atoms with Gasteiger partial charge in [0.15, 0.2) is 0 Å². The molecule has 0 radical (unpaired) electrons. The second kappa shape index (κ2) is 7.75. The minimum absolute atomic E-state index is 0.590. The zero-order chi connectivity index (χ0) is 12.7. The number of nitrogens with one attached hydrogen (secondary N) is 1. The normalized spacial score (nSPS) is 20.5. The molecule has 1 fully saturated rings. The fourth-order valence-electron chi connectivity index (χ4n) is 2.80. The van der Waals surface area contributed by atoms with Crippen molar-refractivity contribution in [2.45, 2.75) is 76.8 Å². The summed E-state index contributed by atoms with van der Waals surface area (Å²) in [5.74, 6) is 1.01. The van der Waals surface area contributed by atoms with Crippen LogP contribution in [-0.4, -0.2) is 23.6 Å². The Morgan fingerprint density at radius 3 is 2.35 bits per heavy atom. The Balaban J connectivity index is 2.02. The third-order valence-corrected chi connectivity index (χ3v) is 8.10. The van der Waals surface area contributed by atoms with Gasteiger partial charge in [-0.25, -0.2) is 0 Å². The molecule has 0 aliphatic heterocycles. The Hall–Kier alpha value is 0.394. The first-order valence-electron chi connectivity index (χ1n) is 7.71. The smallest absolute Gasteiger partial charge is 0.105 e. The van der Waals surface area contributed by atoms with Crippen molar-refractivity contribution >= 4 is 17.0 Å². The van der Waals surface area contributed by atoms with E-state index in [9.17, 15) is 0 Å². The van der Waals surface area contributed by atoms with Gasteiger partial charge in [-0.3, -0.25) is 0 Å². The van der Waals surface area contributed by atoms with E-state index >= 15 is 0 Å². The maximum atomic E-state index is 3.89. The van der Waals surface area contributed by atoms with Gasteiger partial charge in [-0.1, -0.05) is 57.9 Å². The van der Waals surface area contributed by atoms with Gasteiger partial charge >= 0.3 is 0 Å². The van der Waals surface area contributed by atoms with Gasteiger partial charge < -0.3 is 4.98 Å². The fraction of sp³-hybridized carbons (Fsp3) is 1.00. The van der Waals surface area contributed by atoms with Crippen molar-refractivity contribution in [2.24, 2.45) is 5.92 Å². The van der Waals surface area contributed by atoms with Gasteiger partial charge in [-0.05, 0) is 31.3 Å². The lowest BCUT2D eigenvalue weighted by Crippen LogP contribution is -2.35. The lowest BCUT2D eigenvalue weighted by Gasteiger charge is -2.24. The lowest BCUT2D eigenvalue weighted by molar-refractivity contribution is 0.357. The van der Waals surface area contributed by atoms with Crippen LogP contribution in [0.3, 0.4) is 0 Å². The van der Waals surface area contributed by atoms with E-state index in [0.29, 0.717) is 0 Å². The van der Waals surface area contributed by atoms with E-state index in [1.165, 1.54) is 57.2 Å². The topological polar surface area (TPSA) is 12.0 Å². The highest BCUT2D eigenvalue weighted by Crippen LogP contribution is 2.23. The van der Waals surface area contributed by atoms with Crippen molar-refractivity contribution in [3.63, 3.8) is 0 Å². The third-order valence-electron chi connectivity index (χ3n) is 4.04. The first-order valence-corrected chi connectivity index (χ1v) is 14.0. The summed E-state index contributed by atoms with van der Waals surface area (Å²) in [7, 11) is -1.38. The van der Waals surface area contributed by atoms with E-state index in [-0.39, 0.29) is 0 Å². The molecule has 0 spiro atoms. The molecule has 3 heteroatoms. The van der Waals surface area contributed by atoms with Crippen LogP contribution in [0.1, 0.15) is 38.5 Å². The van der Waals surface area contributed by atoms with E-state index in [1.54, 1.807) is 0 Å². The Bertz CT molecular complexity index is 195. The summed E-state index contributed by atoms with van der Waals surface area (Å²) in [6.45, 7) is 11.3. The summed E-state index contributed by atoms with van der Waals surface area (Å²) in [5.41, 5.74) is 0. The van der Waals surface area contributed by atoms with E-state index in [1.807, 2.05) is 0 Å². The molecule has 1 saturated carbocycles. The highest BCUT2D eigenvalue weighted by molar-refractivity contribution is 6.76. The standard InChI is InChI=1S/C14H33NSi2/c1-16(11-8-12-17(2,3)4)15-13-14-9-6-5-7-10-14/h14-16H,5-13H2,1-4H3. The van der Waals surface area contributed by atoms with Crippen molar-refractivity contribution in [3.05, 3.63) is 0 Å². The van der Waals surface area contributed by atoms with Crippen molar-refractivity contribution in [3.8, 4) is 0 Å². The molecule has 0 aromatic carbocycles. The van der Waals surface area contributed by atoms with Gasteiger partial charge in [0, 0.05) is 8.07 Å². The molecule has 1 aliphatic rings. The molecule has 1 nitrogen and oxygen atoms in total. The molecule has 0 heterocycles. The summed E-state index contributed by atoms with van der Waals surface area (Å²) in [6, 6.07) is 3.03. The highest BCUT2D eigenvalue weighted by Gasteiger charge is 2.16. The minimum atomic E-state index is -0.785. The Kier molecular flexibility index (Phi) is 7.04. The van der Waals surface area contributed by atoms with Gasteiger partial charge in [0.1, 0.15) is 8.96 Å². The first kappa shape index (κ1) is 15.5. The summed E-state index contributed by atoms with van der Waals surface area (Å²) >= 11 is 0. The largest absolute Gasteiger partial charge is 0.339 e. The van der Waals surface area contributed by atoms with E-state index in [0.717, 1.165) is 5.92 Å². The van der Waals surface area contributed by atoms with Crippen molar-refractivity contribution in [1.29, 1.82) is 0 Å². The Morgan fingerprint density at radius 1 is 1.12 bits per heavy atom. The molecule has 102 valence electrons. The molecular formula is C14H33NSi2. The van der Waals surface area contributed by atoms with Crippen LogP contribution in [0.5, 0.6) is 0 Å². The van der Waals surface area contributed by atoms with E-state index < -0.39 is 17.0 Å². The third kappa shape index (κ3) is 8.17. The average Bonchev–Trinajstić information content (AvgIpc) is 2.26. The molecule has 0 aromatic heterocycles. The van der Waals surface area contributed by atoms with Crippen molar-refractivity contribution in [2.75, 3.05) is 6.54 Å². The maximum absolute atomic E-state index is 3.89. The summed E-state index contributed by atoms with van der Waals surface area (Å²) in [5, 5.41) is 0. The predicted molar refractivity (Wildman–Crippen MR) is 85.2 cm³/mol. The lowest BCUT2D eigenvalue weighted by atomic mass is 9.90. The number of hydrogen-bond donors (Lipinski definition) is 1. The van der Waals surface area contributed by atoms with Crippen molar-refractivity contribution < 1.29 is 0 Å². The average molecular weight is 272 g/mol. The van der Waals surface area contributed by atoms with Crippen LogP contribution in [0.15, 0.2) is 0 Å². The second-order valence-electron chi connectivity index (χ2n) is 7.27. The number of rotatable bonds is 7. The highest BCUT2D eigenvalue weighted by atomic mass is 28.3. The van der Waals surface area contributed by atoms with Gasteiger partial charge in [0.25, 0.3) is 0 Å². The van der Waals surface area contributed by atoms with Crippen LogP contribution in [-0.2, 0) is 0 Å².